The predicted molar refractivity (Wildman–Crippen MR) is 88.6 cm³/mol. The van der Waals surface area contributed by atoms with Gasteiger partial charge in [-0.15, -0.1) is 11.3 Å². The molecule has 0 bridgehead atoms. The summed E-state index contributed by atoms with van der Waals surface area (Å²) in [7, 11) is 3.34. The molecular weight excluding hydrogens is 282 g/mol. The SMILES string of the molecule is CCNC(CCc1cccs1)c1ccc(OC)c(OC)c1. The average Bonchev–Trinajstić information content (AvgIpc) is 3.04. The van der Waals surface area contributed by atoms with E-state index in [9.17, 15) is 0 Å². The van der Waals surface area contributed by atoms with Crippen LogP contribution >= 0.6 is 11.3 Å². The van der Waals surface area contributed by atoms with Crippen LogP contribution in [0.5, 0.6) is 11.5 Å². The second-order valence-electron chi connectivity index (χ2n) is 4.84. The van der Waals surface area contributed by atoms with E-state index in [1.54, 1.807) is 14.2 Å². The molecule has 1 aromatic carbocycles. The summed E-state index contributed by atoms with van der Waals surface area (Å²) >= 11 is 1.82. The number of methoxy groups -OCH3 is 2. The Morgan fingerprint density at radius 3 is 2.57 bits per heavy atom. The van der Waals surface area contributed by atoms with E-state index in [-0.39, 0.29) is 0 Å². The van der Waals surface area contributed by atoms with Crippen LogP contribution in [0.2, 0.25) is 0 Å². The van der Waals surface area contributed by atoms with Crippen LogP contribution in [-0.2, 0) is 6.42 Å². The molecule has 1 heterocycles. The summed E-state index contributed by atoms with van der Waals surface area (Å²) in [5.74, 6) is 1.56. The fourth-order valence-electron chi connectivity index (χ4n) is 2.44. The van der Waals surface area contributed by atoms with Crippen molar-refractivity contribution in [3.05, 3.63) is 46.2 Å². The van der Waals surface area contributed by atoms with Crippen LogP contribution in [0.3, 0.4) is 0 Å². The predicted octanol–water partition coefficient (Wildman–Crippen LogP) is 4.05. The molecule has 1 aromatic heterocycles. The molecule has 0 aliphatic heterocycles. The van der Waals surface area contributed by atoms with Gasteiger partial charge in [0.25, 0.3) is 0 Å². The van der Waals surface area contributed by atoms with Crippen LogP contribution in [0.25, 0.3) is 0 Å². The molecule has 0 saturated heterocycles. The number of ether oxygens (including phenoxy) is 2. The third kappa shape index (κ3) is 4.22. The normalized spacial score (nSPS) is 12.1. The summed E-state index contributed by atoms with van der Waals surface area (Å²) in [5.41, 5.74) is 1.24. The first-order valence-corrected chi connectivity index (χ1v) is 8.14. The molecule has 0 spiro atoms. The molecule has 2 rings (SSSR count). The van der Waals surface area contributed by atoms with E-state index in [1.165, 1.54) is 10.4 Å². The second-order valence-corrected chi connectivity index (χ2v) is 5.87. The maximum Gasteiger partial charge on any atom is 0.161 e. The molecule has 0 fully saturated rings. The standard InChI is InChI=1S/C17H23NO2S/c1-4-18-15(9-8-14-6-5-11-21-14)13-7-10-16(19-2)17(12-13)20-3/h5-7,10-12,15,18H,4,8-9H2,1-3H3. The lowest BCUT2D eigenvalue weighted by atomic mass is 10.0. The smallest absolute Gasteiger partial charge is 0.161 e. The van der Waals surface area contributed by atoms with Crippen LogP contribution in [-0.4, -0.2) is 20.8 Å². The number of hydrogen-bond donors (Lipinski definition) is 1. The van der Waals surface area contributed by atoms with E-state index < -0.39 is 0 Å². The Labute approximate surface area is 130 Å². The molecule has 0 aliphatic rings. The minimum absolute atomic E-state index is 0.330. The largest absolute Gasteiger partial charge is 0.493 e. The van der Waals surface area contributed by atoms with Gasteiger partial charge in [-0.1, -0.05) is 19.1 Å². The first-order valence-electron chi connectivity index (χ1n) is 7.26. The summed E-state index contributed by atoms with van der Waals surface area (Å²) in [4.78, 5) is 1.43. The van der Waals surface area contributed by atoms with Crippen molar-refractivity contribution in [2.45, 2.75) is 25.8 Å². The maximum absolute atomic E-state index is 5.40. The summed E-state index contributed by atoms with van der Waals surface area (Å²) in [6.45, 7) is 3.09. The quantitative estimate of drug-likeness (QED) is 0.798. The lowest BCUT2D eigenvalue weighted by Gasteiger charge is -2.19. The molecule has 21 heavy (non-hydrogen) atoms. The Hall–Kier alpha value is -1.52. The summed E-state index contributed by atoms with van der Waals surface area (Å²) in [6, 6.07) is 10.8. The van der Waals surface area contributed by atoms with Crippen molar-refractivity contribution in [1.82, 2.24) is 5.32 Å². The van der Waals surface area contributed by atoms with E-state index >= 15 is 0 Å². The Morgan fingerprint density at radius 1 is 1.14 bits per heavy atom. The van der Waals surface area contributed by atoms with E-state index in [2.05, 4.69) is 41.9 Å². The highest BCUT2D eigenvalue weighted by Gasteiger charge is 2.14. The van der Waals surface area contributed by atoms with Gasteiger partial charge in [0.05, 0.1) is 14.2 Å². The molecule has 0 amide bonds. The van der Waals surface area contributed by atoms with Crippen LogP contribution in [0, 0.1) is 0 Å². The van der Waals surface area contributed by atoms with Crippen molar-refractivity contribution in [3.8, 4) is 11.5 Å². The van der Waals surface area contributed by atoms with E-state index in [0.717, 1.165) is 30.9 Å². The molecule has 0 radical (unpaired) electrons. The van der Waals surface area contributed by atoms with Crippen molar-refractivity contribution in [2.24, 2.45) is 0 Å². The summed E-state index contributed by atoms with van der Waals surface area (Å²) in [5, 5.41) is 5.69. The average molecular weight is 305 g/mol. The minimum Gasteiger partial charge on any atom is -0.493 e. The molecule has 1 N–H and O–H groups in total. The molecule has 0 aliphatic carbocycles. The number of hydrogen-bond acceptors (Lipinski definition) is 4. The Morgan fingerprint density at radius 2 is 1.95 bits per heavy atom. The van der Waals surface area contributed by atoms with Gasteiger partial charge in [0, 0.05) is 10.9 Å². The molecule has 4 heteroatoms. The molecule has 1 unspecified atom stereocenters. The first-order chi connectivity index (χ1) is 10.3. The van der Waals surface area contributed by atoms with E-state index in [0.29, 0.717) is 6.04 Å². The monoisotopic (exact) mass is 305 g/mol. The fraction of sp³-hybridized carbons (Fsp3) is 0.412. The second kappa shape index (κ2) is 8.05. The fourth-order valence-corrected chi connectivity index (χ4v) is 3.17. The zero-order valence-corrected chi connectivity index (χ0v) is 13.7. The molecule has 2 aromatic rings. The zero-order chi connectivity index (χ0) is 15.1. The van der Waals surface area contributed by atoms with Crippen LogP contribution in [0.1, 0.15) is 29.8 Å². The van der Waals surface area contributed by atoms with Crippen molar-refractivity contribution < 1.29 is 9.47 Å². The molecule has 114 valence electrons. The highest BCUT2D eigenvalue weighted by atomic mass is 32.1. The maximum atomic E-state index is 5.40. The number of aryl methyl sites for hydroxylation is 1. The Kier molecular flexibility index (Phi) is 6.08. The lowest BCUT2D eigenvalue weighted by molar-refractivity contribution is 0.353. The van der Waals surface area contributed by atoms with Gasteiger partial charge in [-0.05, 0) is 48.5 Å². The van der Waals surface area contributed by atoms with Gasteiger partial charge in [0.2, 0.25) is 0 Å². The van der Waals surface area contributed by atoms with Gasteiger partial charge in [-0.25, -0.2) is 0 Å². The van der Waals surface area contributed by atoms with E-state index in [1.807, 2.05) is 17.4 Å². The molecular formula is C17H23NO2S. The summed E-state index contributed by atoms with van der Waals surface area (Å²) in [6.07, 6.45) is 2.16. The highest BCUT2D eigenvalue weighted by molar-refractivity contribution is 7.09. The number of thiophene rings is 1. The Bertz CT molecular complexity index is 540. The van der Waals surface area contributed by atoms with Crippen molar-refractivity contribution in [3.63, 3.8) is 0 Å². The van der Waals surface area contributed by atoms with Gasteiger partial charge >= 0.3 is 0 Å². The number of nitrogens with one attached hydrogen (secondary N) is 1. The number of rotatable bonds is 8. The van der Waals surface area contributed by atoms with Gasteiger partial charge in [-0.2, -0.15) is 0 Å². The Balaban J connectivity index is 2.13. The van der Waals surface area contributed by atoms with Gasteiger partial charge in [0.15, 0.2) is 11.5 Å². The minimum atomic E-state index is 0.330. The third-order valence-corrected chi connectivity index (χ3v) is 4.46. The summed E-state index contributed by atoms with van der Waals surface area (Å²) < 4.78 is 10.7. The third-order valence-electron chi connectivity index (χ3n) is 3.52. The van der Waals surface area contributed by atoms with Crippen molar-refractivity contribution >= 4 is 11.3 Å². The lowest BCUT2D eigenvalue weighted by Crippen LogP contribution is -2.21. The van der Waals surface area contributed by atoms with Crippen LogP contribution < -0.4 is 14.8 Å². The first kappa shape index (κ1) is 15.9. The highest BCUT2D eigenvalue weighted by Crippen LogP contribution is 2.31. The molecule has 0 saturated carbocycles. The molecule has 1 atom stereocenters. The van der Waals surface area contributed by atoms with E-state index in [4.69, 9.17) is 9.47 Å². The number of benzene rings is 1. The van der Waals surface area contributed by atoms with Gasteiger partial charge in [-0.3, -0.25) is 0 Å². The van der Waals surface area contributed by atoms with Crippen molar-refractivity contribution in [1.29, 1.82) is 0 Å². The van der Waals surface area contributed by atoms with Gasteiger partial charge < -0.3 is 14.8 Å². The molecule has 3 nitrogen and oxygen atoms in total. The zero-order valence-electron chi connectivity index (χ0n) is 12.9. The van der Waals surface area contributed by atoms with Gasteiger partial charge in [0.1, 0.15) is 0 Å². The van der Waals surface area contributed by atoms with Crippen molar-refractivity contribution in [2.75, 3.05) is 20.8 Å². The van der Waals surface area contributed by atoms with Crippen LogP contribution in [0.4, 0.5) is 0 Å². The van der Waals surface area contributed by atoms with Crippen LogP contribution in [0.15, 0.2) is 35.7 Å². The topological polar surface area (TPSA) is 30.5 Å².